The summed E-state index contributed by atoms with van der Waals surface area (Å²) in [5, 5.41) is 10.7. The maximum absolute atomic E-state index is 13.2. The van der Waals surface area contributed by atoms with Gasteiger partial charge in [-0.3, -0.25) is 10.1 Å². The van der Waals surface area contributed by atoms with Gasteiger partial charge in [0.2, 0.25) is 5.70 Å². The van der Waals surface area contributed by atoms with Gasteiger partial charge in [-0.05, 0) is 12.1 Å². The third kappa shape index (κ3) is 2.62. The first-order chi connectivity index (χ1) is 7.43. The zero-order valence-electron chi connectivity index (χ0n) is 8.91. The van der Waals surface area contributed by atoms with E-state index in [2.05, 4.69) is 0 Å². The van der Waals surface area contributed by atoms with E-state index in [1.807, 2.05) is 0 Å². The molecule has 0 heterocycles. The van der Waals surface area contributed by atoms with E-state index in [0.29, 0.717) is 0 Å². The largest absolute Gasteiger partial charge is 0.259 e. The summed E-state index contributed by atoms with van der Waals surface area (Å²) in [5.74, 6) is -2.02. The molecule has 3 nitrogen and oxygen atoms in total. The second-order valence-corrected chi connectivity index (χ2v) is 3.62. The molecule has 0 spiro atoms. The second-order valence-electron chi connectivity index (χ2n) is 3.62. The minimum Gasteiger partial charge on any atom is -0.259 e. The maximum Gasteiger partial charge on any atom is 0.249 e. The van der Waals surface area contributed by atoms with Crippen LogP contribution in [0.5, 0.6) is 0 Å². The van der Waals surface area contributed by atoms with Crippen LogP contribution in [-0.2, 0) is 0 Å². The van der Waals surface area contributed by atoms with Crippen LogP contribution < -0.4 is 0 Å². The summed E-state index contributed by atoms with van der Waals surface area (Å²) >= 11 is 0. The number of hydrogen-bond donors (Lipinski definition) is 0. The summed E-state index contributed by atoms with van der Waals surface area (Å²) < 4.78 is 26.5. The first kappa shape index (κ1) is 12.3. The van der Waals surface area contributed by atoms with E-state index in [1.165, 1.54) is 6.07 Å². The van der Waals surface area contributed by atoms with Crippen molar-refractivity contribution in [3.63, 3.8) is 0 Å². The first-order valence-electron chi connectivity index (χ1n) is 4.73. The molecule has 0 bridgehead atoms. The molecule has 0 amide bonds. The van der Waals surface area contributed by atoms with Gasteiger partial charge in [-0.1, -0.05) is 19.9 Å². The number of nitrogens with zero attached hydrogens (tertiary/aromatic N) is 1. The summed E-state index contributed by atoms with van der Waals surface area (Å²) in [6.45, 7) is 3.18. The molecular weight excluding hydrogens is 216 g/mol. The van der Waals surface area contributed by atoms with Crippen molar-refractivity contribution in [3.8, 4) is 0 Å². The van der Waals surface area contributed by atoms with Gasteiger partial charge in [0, 0.05) is 12.0 Å². The average molecular weight is 227 g/mol. The highest BCUT2D eigenvalue weighted by molar-refractivity contribution is 5.52. The molecule has 0 saturated heterocycles. The molecule has 0 radical (unpaired) electrons. The fourth-order valence-corrected chi connectivity index (χ4v) is 1.23. The van der Waals surface area contributed by atoms with Gasteiger partial charge in [-0.25, -0.2) is 8.78 Å². The second kappa shape index (κ2) is 4.83. The summed E-state index contributed by atoms with van der Waals surface area (Å²) in [7, 11) is 0. The highest BCUT2D eigenvalue weighted by Crippen LogP contribution is 2.19. The fraction of sp³-hybridized carbons (Fsp3) is 0.273. The van der Waals surface area contributed by atoms with E-state index in [-0.39, 0.29) is 11.3 Å². The molecular formula is C11H11F2NO2. The summed E-state index contributed by atoms with van der Waals surface area (Å²) in [5.41, 5.74) is -0.591. The zero-order valence-corrected chi connectivity index (χ0v) is 8.91. The van der Waals surface area contributed by atoms with Crippen LogP contribution in [0.25, 0.3) is 6.08 Å². The van der Waals surface area contributed by atoms with Crippen molar-refractivity contribution in [2.45, 2.75) is 13.8 Å². The maximum atomic E-state index is 13.2. The number of allylic oxidation sites excluding steroid dienone is 1. The highest BCUT2D eigenvalue weighted by Gasteiger charge is 2.18. The SMILES string of the molecule is CC(C)/C(=C/c1c(F)cccc1F)[N+](=O)[O-]. The van der Waals surface area contributed by atoms with Gasteiger partial charge in [0.25, 0.3) is 0 Å². The molecule has 1 rings (SSSR count). The Balaban J connectivity index is 3.28. The van der Waals surface area contributed by atoms with Crippen LogP contribution in [0.2, 0.25) is 0 Å². The summed E-state index contributed by atoms with van der Waals surface area (Å²) in [6, 6.07) is 3.34. The van der Waals surface area contributed by atoms with Gasteiger partial charge in [-0.15, -0.1) is 0 Å². The minimum absolute atomic E-state index is 0.219. The smallest absolute Gasteiger partial charge is 0.249 e. The van der Waals surface area contributed by atoms with Crippen LogP contribution in [0.4, 0.5) is 8.78 Å². The van der Waals surface area contributed by atoms with Gasteiger partial charge in [0.15, 0.2) is 0 Å². The minimum atomic E-state index is -0.806. The molecule has 1 aromatic carbocycles. The molecule has 16 heavy (non-hydrogen) atoms. The van der Waals surface area contributed by atoms with Crippen molar-refractivity contribution in [1.82, 2.24) is 0 Å². The number of nitro groups is 1. The van der Waals surface area contributed by atoms with Crippen LogP contribution in [0, 0.1) is 27.7 Å². The topological polar surface area (TPSA) is 43.1 Å². The van der Waals surface area contributed by atoms with Crippen molar-refractivity contribution in [1.29, 1.82) is 0 Å². The lowest BCUT2D eigenvalue weighted by molar-refractivity contribution is -0.431. The van der Waals surface area contributed by atoms with Gasteiger partial charge in [0.05, 0.1) is 10.5 Å². The lowest BCUT2D eigenvalue weighted by Gasteiger charge is -2.03. The molecule has 0 fully saturated rings. The number of rotatable bonds is 3. The van der Waals surface area contributed by atoms with Gasteiger partial charge in [0.1, 0.15) is 11.6 Å². The van der Waals surface area contributed by atoms with Crippen LogP contribution in [0.15, 0.2) is 23.9 Å². The molecule has 0 aliphatic carbocycles. The molecule has 0 saturated carbocycles. The molecule has 0 atom stereocenters. The Labute approximate surface area is 91.6 Å². The highest BCUT2D eigenvalue weighted by atomic mass is 19.1. The van der Waals surface area contributed by atoms with Crippen LogP contribution in [0.1, 0.15) is 19.4 Å². The number of hydrogen-bond acceptors (Lipinski definition) is 2. The van der Waals surface area contributed by atoms with E-state index in [4.69, 9.17) is 0 Å². The number of benzene rings is 1. The van der Waals surface area contributed by atoms with Gasteiger partial charge >= 0.3 is 0 Å². The zero-order chi connectivity index (χ0) is 12.3. The van der Waals surface area contributed by atoms with Gasteiger partial charge in [-0.2, -0.15) is 0 Å². The summed E-state index contributed by atoms with van der Waals surface area (Å²) in [6.07, 6.45) is 0.940. The van der Waals surface area contributed by atoms with Crippen molar-refractivity contribution in [2.24, 2.45) is 5.92 Å². The Morgan fingerprint density at radius 3 is 2.25 bits per heavy atom. The van der Waals surface area contributed by atoms with E-state index in [9.17, 15) is 18.9 Å². The third-order valence-electron chi connectivity index (χ3n) is 2.09. The lowest BCUT2D eigenvalue weighted by Crippen LogP contribution is -2.06. The van der Waals surface area contributed by atoms with E-state index in [1.54, 1.807) is 13.8 Å². The van der Waals surface area contributed by atoms with Crippen molar-refractivity contribution >= 4 is 6.08 Å². The standard InChI is InChI=1S/C11H11F2NO2/c1-7(2)11(14(15)16)6-8-9(12)4-3-5-10(8)13/h3-7H,1-2H3/b11-6-. The Morgan fingerprint density at radius 1 is 1.38 bits per heavy atom. The van der Waals surface area contributed by atoms with E-state index in [0.717, 1.165) is 18.2 Å². The Bertz CT molecular complexity index is 421. The molecule has 0 aliphatic rings. The monoisotopic (exact) mass is 227 g/mol. The lowest BCUT2D eigenvalue weighted by atomic mass is 10.1. The average Bonchev–Trinajstić information content (AvgIpc) is 2.15. The van der Waals surface area contributed by atoms with Crippen LogP contribution >= 0.6 is 0 Å². The molecule has 86 valence electrons. The normalized spacial score (nSPS) is 11.9. The van der Waals surface area contributed by atoms with Crippen molar-refractivity contribution < 1.29 is 13.7 Å². The fourth-order valence-electron chi connectivity index (χ4n) is 1.23. The Hall–Kier alpha value is -1.78. The molecule has 0 unspecified atom stereocenters. The predicted molar refractivity (Wildman–Crippen MR) is 56.2 cm³/mol. The Kier molecular flexibility index (Phi) is 3.71. The van der Waals surface area contributed by atoms with E-state index >= 15 is 0 Å². The van der Waals surface area contributed by atoms with Gasteiger partial charge < -0.3 is 0 Å². The van der Waals surface area contributed by atoms with Crippen LogP contribution in [-0.4, -0.2) is 4.92 Å². The molecule has 5 heteroatoms. The number of halogens is 2. The molecule has 1 aromatic rings. The van der Waals surface area contributed by atoms with Crippen LogP contribution in [0.3, 0.4) is 0 Å². The third-order valence-corrected chi connectivity index (χ3v) is 2.09. The van der Waals surface area contributed by atoms with E-state index < -0.39 is 22.5 Å². The van der Waals surface area contributed by atoms with Crippen molar-refractivity contribution in [2.75, 3.05) is 0 Å². The predicted octanol–water partition coefficient (Wildman–Crippen LogP) is 3.24. The van der Waals surface area contributed by atoms with Crippen molar-refractivity contribution in [3.05, 3.63) is 51.2 Å². The molecule has 0 N–H and O–H groups in total. The molecule has 0 aliphatic heterocycles. The first-order valence-corrected chi connectivity index (χ1v) is 4.73. The Morgan fingerprint density at radius 2 is 1.88 bits per heavy atom. The summed E-state index contributed by atoms with van der Waals surface area (Å²) in [4.78, 5) is 10.0. The quantitative estimate of drug-likeness (QED) is 0.587. The molecule has 0 aromatic heterocycles.